The van der Waals surface area contributed by atoms with Crippen LogP contribution in [0.5, 0.6) is 0 Å². The number of cyclic esters (lactones) is 1. The van der Waals surface area contributed by atoms with Crippen molar-refractivity contribution in [2.75, 3.05) is 49.1 Å². The van der Waals surface area contributed by atoms with Crippen molar-refractivity contribution in [1.82, 2.24) is 10.2 Å². The second-order valence-corrected chi connectivity index (χ2v) is 8.74. The van der Waals surface area contributed by atoms with Crippen LogP contribution < -0.4 is 15.1 Å². The van der Waals surface area contributed by atoms with E-state index in [1.165, 1.54) is 17.9 Å². The minimum absolute atomic E-state index is 0.180. The van der Waals surface area contributed by atoms with E-state index >= 15 is 4.39 Å². The van der Waals surface area contributed by atoms with E-state index in [9.17, 15) is 14.4 Å². The lowest BCUT2D eigenvalue weighted by molar-refractivity contribution is -0.125. The third-order valence-electron chi connectivity index (χ3n) is 6.45. The van der Waals surface area contributed by atoms with Gasteiger partial charge in [0.2, 0.25) is 11.6 Å². The average molecular weight is 470 g/mol. The third-order valence-corrected chi connectivity index (χ3v) is 6.45. The lowest BCUT2D eigenvalue weighted by Crippen LogP contribution is -2.34. The molecule has 4 rings (SSSR count). The molecule has 3 fully saturated rings. The maximum absolute atomic E-state index is 15.0. The van der Waals surface area contributed by atoms with Gasteiger partial charge >= 0.3 is 6.09 Å². The molecule has 0 saturated carbocycles. The normalized spacial score (nSPS) is 20.3. The number of nitrogens with zero attached hydrogens (tertiary/aromatic N) is 4. The minimum atomic E-state index is -0.579. The number of benzene rings is 1. The molecular weight excluding hydrogens is 441 g/mol. The van der Waals surface area contributed by atoms with Crippen LogP contribution in [0, 0.1) is 12.4 Å². The maximum atomic E-state index is 15.0. The number of carbonyl (C=O) groups excluding carboxylic acids is 3. The van der Waals surface area contributed by atoms with Gasteiger partial charge in [-0.05, 0) is 43.9 Å². The van der Waals surface area contributed by atoms with Gasteiger partial charge in [-0.25, -0.2) is 14.0 Å². The molecular formula is C24H28FN5O4. The summed E-state index contributed by atoms with van der Waals surface area (Å²) < 4.78 is 20.3. The van der Waals surface area contributed by atoms with Crippen LogP contribution in [0.4, 0.5) is 20.6 Å². The average Bonchev–Trinajstić information content (AvgIpc) is 3.49. The summed E-state index contributed by atoms with van der Waals surface area (Å²) >= 11 is 0. The molecule has 1 N–H and O–H groups in total. The second kappa shape index (κ2) is 10.1. The Kier molecular flexibility index (Phi) is 7.01. The third kappa shape index (κ3) is 4.98. The largest absolute Gasteiger partial charge is 0.442 e. The number of anilines is 2. The molecule has 0 spiro atoms. The highest BCUT2D eigenvalue weighted by atomic mass is 19.1. The van der Waals surface area contributed by atoms with Gasteiger partial charge in [0.25, 0.3) is 5.91 Å². The van der Waals surface area contributed by atoms with Gasteiger partial charge in [0.15, 0.2) is 0 Å². The first-order chi connectivity index (χ1) is 16.4. The number of amides is 3. The molecule has 0 unspecified atom stereocenters. The van der Waals surface area contributed by atoms with Crippen molar-refractivity contribution in [3.05, 3.63) is 46.7 Å². The molecule has 3 aliphatic heterocycles. The molecule has 3 amide bonds. The number of ether oxygens (including phenoxy) is 1. The van der Waals surface area contributed by atoms with E-state index in [2.05, 4.69) is 10.2 Å². The van der Waals surface area contributed by atoms with Crippen LogP contribution in [-0.4, -0.2) is 68.2 Å². The van der Waals surface area contributed by atoms with Crippen molar-refractivity contribution < 1.29 is 23.5 Å². The fraction of sp³-hybridized carbons (Fsp3) is 0.500. The quantitative estimate of drug-likeness (QED) is 0.529. The molecule has 1 aromatic rings. The Morgan fingerprint density at radius 2 is 1.91 bits per heavy atom. The monoisotopic (exact) mass is 469 g/mol. The number of piperidine rings is 1. The van der Waals surface area contributed by atoms with Crippen LogP contribution >= 0.6 is 0 Å². The number of hydrogen-bond donors (Lipinski definition) is 1. The highest BCUT2D eigenvalue weighted by Crippen LogP contribution is 2.31. The van der Waals surface area contributed by atoms with Crippen molar-refractivity contribution in [3.8, 4) is 0 Å². The molecule has 1 aromatic carbocycles. The summed E-state index contributed by atoms with van der Waals surface area (Å²) in [6.45, 7) is 11.7. The van der Waals surface area contributed by atoms with E-state index in [1.807, 2.05) is 4.90 Å². The molecule has 1 atom stereocenters. The van der Waals surface area contributed by atoms with E-state index < -0.39 is 18.0 Å². The lowest BCUT2D eigenvalue weighted by atomic mass is 10.00. The van der Waals surface area contributed by atoms with E-state index in [0.717, 1.165) is 18.4 Å². The Balaban J connectivity index is 1.40. The maximum Gasteiger partial charge on any atom is 0.414 e. The first-order valence-electron chi connectivity index (χ1n) is 11.5. The fourth-order valence-corrected chi connectivity index (χ4v) is 4.62. The molecule has 0 aliphatic carbocycles. The van der Waals surface area contributed by atoms with Crippen molar-refractivity contribution >= 4 is 29.3 Å². The molecule has 0 bridgehead atoms. The topological polar surface area (TPSA) is 86.6 Å². The number of carbonyl (C=O) groups is 3. The lowest BCUT2D eigenvalue weighted by Gasteiger charge is -2.32. The molecule has 3 aliphatic rings. The smallest absolute Gasteiger partial charge is 0.414 e. The van der Waals surface area contributed by atoms with E-state index in [-0.39, 0.29) is 30.6 Å². The van der Waals surface area contributed by atoms with E-state index in [0.29, 0.717) is 50.4 Å². The van der Waals surface area contributed by atoms with Crippen molar-refractivity contribution in [2.45, 2.75) is 38.7 Å². The zero-order chi connectivity index (χ0) is 24.2. The Morgan fingerprint density at radius 1 is 1.21 bits per heavy atom. The number of hydrogen-bond acceptors (Lipinski definition) is 5. The first kappa shape index (κ1) is 23.5. The summed E-state index contributed by atoms with van der Waals surface area (Å²) in [5.74, 6) is -0.851. The number of nitrogens with one attached hydrogen (secondary N) is 1. The van der Waals surface area contributed by atoms with Crippen molar-refractivity contribution in [1.29, 1.82) is 0 Å². The van der Waals surface area contributed by atoms with Gasteiger partial charge in [-0.15, -0.1) is 0 Å². The minimum Gasteiger partial charge on any atom is -0.442 e. The Labute approximate surface area is 197 Å². The predicted octanol–water partition coefficient (Wildman–Crippen LogP) is 2.68. The molecule has 9 nitrogen and oxygen atoms in total. The highest BCUT2D eigenvalue weighted by Gasteiger charge is 2.33. The van der Waals surface area contributed by atoms with Crippen LogP contribution in [0.25, 0.3) is 4.85 Å². The van der Waals surface area contributed by atoms with Crippen molar-refractivity contribution in [2.24, 2.45) is 0 Å². The number of likely N-dealkylation sites (tertiary alicyclic amines) is 1. The Hall–Kier alpha value is -3.61. The molecule has 10 heteroatoms. The zero-order valence-corrected chi connectivity index (χ0v) is 19.2. The molecule has 0 radical (unpaired) electrons. The van der Waals surface area contributed by atoms with E-state index in [4.69, 9.17) is 11.3 Å². The second-order valence-electron chi connectivity index (χ2n) is 8.74. The molecule has 0 aromatic heterocycles. The summed E-state index contributed by atoms with van der Waals surface area (Å²) in [6.07, 6.45) is 1.93. The van der Waals surface area contributed by atoms with Crippen LogP contribution in [0.2, 0.25) is 0 Å². The van der Waals surface area contributed by atoms with Crippen molar-refractivity contribution in [3.63, 3.8) is 0 Å². The summed E-state index contributed by atoms with van der Waals surface area (Å²) in [7, 11) is 0. The summed E-state index contributed by atoms with van der Waals surface area (Å²) in [5.41, 5.74) is 1.87. The summed E-state index contributed by atoms with van der Waals surface area (Å²) in [5, 5.41) is 2.61. The summed E-state index contributed by atoms with van der Waals surface area (Å²) in [4.78, 5) is 44.5. The molecule has 180 valence electrons. The molecule has 3 heterocycles. The van der Waals surface area contributed by atoms with Gasteiger partial charge in [0, 0.05) is 33.1 Å². The highest BCUT2D eigenvalue weighted by molar-refractivity contribution is 5.96. The van der Waals surface area contributed by atoms with Crippen LogP contribution in [0.1, 0.15) is 32.6 Å². The van der Waals surface area contributed by atoms with Gasteiger partial charge in [0.05, 0.1) is 31.0 Å². The Morgan fingerprint density at radius 3 is 2.53 bits per heavy atom. The van der Waals surface area contributed by atoms with Crippen LogP contribution in [-0.2, 0) is 14.3 Å². The SMILES string of the molecule is [C-]#[N+]C(C(=O)N1CCCC1)=C1CCN(c2ccc(N3C[C@H](CNC(C)=O)OC3=O)cc2F)CC1. The fourth-order valence-electron chi connectivity index (χ4n) is 4.62. The molecule has 3 saturated heterocycles. The van der Waals surface area contributed by atoms with Crippen LogP contribution in [0.15, 0.2) is 29.5 Å². The predicted molar refractivity (Wildman–Crippen MR) is 124 cm³/mol. The van der Waals surface area contributed by atoms with Gasteiger partial charge < -0.3 is 19.9 Å². The van der Waals surface area contributed by atoms with Gasteiger partial charge in [0.1, 0.15) is 11.9 Å². The van der Waals surface area contributed by atoms with Gasteiger partial charge in [-0.1, -0.05) is 5.57 Å². The number of halogens is 1. The number of rotatable bonds is 5. The first-order valence-corrected chi connectivity index (χ1v) is 11.5. The van der Waals surface area contributed by atoms with Crippen LogP contribution in [0.3, 0.4) is 0 Å². The zero-order valence-electron chi connectivity index (χ0n) is 19.2. The van der Waals surface area contributed by atoms with E-state index in [1.54, 1.807) is 17.0 Å². The Bertz CT molecular complexity index is 1050. The van der Waals surface area contributed by atoms with Gasteiger partial charge in [-0.3, -0.25) is 14.5 Å². The summed E-state index contributed by atoms with van der Waals surface area (Å²) in [6, 6.07) is 4.62. The molecule has 34 heavy (non-hydrogen) atoms. The van der Waals surface area contributed by atoms with Gasteiger partial charge in [-0.2, -0.15) is 0 Å². The standard InChI is InChI=1S/C24H28FN5O4/c1-16(31)27-14-19-15-30(24(33)34-19)18-5-6-21(20(25)13-18)28-11-7-17(8-12-28)22(26-2)23(32)29-9-3-4-10-29/h5-6,13,19H,3-4,7-12,14-15H2,1H3,(H,27,31)/t19-/m0/s1.